The molecule has 7 heteroatoms. The van der Waals surface area contributed by atoms with Crippen LogP contribution < -0.4 is 4.72 Å². The number of Topliss-reactive ketones (excluding diaryl/α,β-unsaturated/α-hetero) is 1. The molecular weight excluding hydrogens is 358 g/mol. The zero-order chi connectivity index (χ0) is 18.5. The van der Waals surface area contributed by atoms with Gasteiger partial charge in [0.15, 0.2) is 0 Å². The number of thiophene rings is 1. The summed E-state index contributed by atoms with van der Waals surface area (Å²) in [5.74, 6) is 0.328. The van der Waals surface area contributed by atoms with Crippen molar-refractivity contribution in [1.82, 2.24) is 4.72 Å². The van der Waals surface area contributed by atoms with Crippen LogP contribution in [0.4, 0.5) is 0 Å². The molecule has 3 rings (SSSR count). The molecule has 3 atom stereocenters. The van der Waals surface area contributed by atoms with E-state index in [0.717, 1.165) is 16.2 Å². The van der Waals surface area contributed by atoms with Crippen molar-refractivity contribution in [2.75, 3.05) is 19.4 Å². The Morgan fingerprint density at radius 3 is 2.60 bits per heavy atom. The molecule has 1 aromatic heterocycles. The van der Waals surface area contributed by atoms with E-state index in [9.17, 15) is 13.2 Å². The second-order valence-electron chi connectivity index (χ2n) is 7.95. The molecule has 5 nitrogen and oxygen atoms in total. The fourth-order valence-corrected chi connectivity index (χ4v) is 7.40. The summed E-state index contributed by atoms with van der Waals surface area (Å²) in [7, 11) is -1.98. The molecule has 2 fully saturated rings. The van der Waals surface area contributed by atoms with E-state index in [1.807, 2.05) is 19.1 Å². The topological polar surface area (TPSA) is 72.5 Å². The van der Waals surface area contributed by atoms with Crippen LogP contribution in [-0.2, 0) is 19.6 Å². The lowest BCUT2D eigenvalue weighted by atomic mass is 9.70. The maximum absolute atomic E-state index is 12.7. The van der Waals surface area contributed by atoms with Crippen molar-refractivity contribution in [3.05, 3.63) is 21.9 Å². The lowest BCUT2D eigenvalue weighted by Crippen LogP contribution is -2.45. The van der Waals surface area contributed by atoms with Crippen LogP contribution in [0.3, 0.4) is 0 Å². The Hall–Kier alpha value is -0.760. The van der Waals surface area contributed by atoms with Gasteiger partial charge in [0, 0.05) is 35.2 Å². The highest BCUT2D eigenvalue weighted by Gasteiger charge is 2.65. The monoisotopic (exact) mass is 385 g/mol. The van der Waals surface area contributed by atoms with Crippen molar-refractivity contribution in [3.8, 4) is 0 Å². The zero-order valence-corrected chi connectivity index (χ0v) is 16.9. The van der Waals surface area contributed by atoms with Crippen LogP contribution >= 0.6 is 11.3 Å². The maximum Gasteiger partial charge on any atom is 0.212 e. The van der Waals surface area contributed by atoms with E-state index in [2.05, 4.69) is 18.6 Å². The molecule has 1 aromatic rings. The zero-order valence-electron chi connectivity index (χ0n) is 15.3. The van der Waals surface area contributed by atoms with Crippen molar-refractivity contribution < 1.29 is 17.9 Å². The van der Waals surface area contributed by atoms with Gasteiger partial charge < -0.3 is 4.74 Å². The van der Waals surface area contributed by atoms with Gasteiger partial charge in [0.25, 0.3) is 0 Å². The first-order valence-electron chi connectivity index (χ1n) is 8.71. The average molecular weight is 386 g/mol. The van der Waals surface area contributed by atoms with Crippen LogP contribution in [0.25, 0.3) is 0 Å². The van der Waals surface area contributed by atoms with E-state index in [1.54, 1.807) is 18.4 Å². The lowest BCUT2D eigenvalue weighted by molar-refractivity contribution is -0.128. The normalized spacial score (nSPS) is 29.3. The van der Waals surface area contributed by atoms with Gasteiger partial charge in [0.2, 0.25) is 10.0 Å². The molecule has 0 saturated heterocycles. The summed E-state index contributed by atoms with van der Waals surface area (Å²) < 4.78 is 33.6. The molecule has 1 heterocycles. The number of ketones is 1. The molecular formula is C18H27NO4S2. The molecule has 140 valence electrons. The van der Waals surface area contributed by atoms with Crippen LogP contribution in [0.5, 0.6) is 0 Å². The molecule has 0 spiro atoms. The molecule has 0 radical (unpaired) electrons. The predicted molar refractivity (Wildman–Crippen MR) is 99.2 cm³/mol. The van der Waals surface area contributed by atoms with E-state index in [0.29, 0.717) is 18.8 Å². The SMILES string of the molecule is CO[C@H](CNS(=O)(=O)C[C@]12CC[C@H](CC1=O)C2(C)C)c1ccc(C)s1. The van der Waals surface area contributed by atoms with Crippen LogP contribution in [-0.4, -0.2) is 33.6 Å². The summed E-state index contributed by atoms with van der Waals surface area (Å²) in [6, 6.07) is 3.96. The molecule has 0 amide bonds. The second-order valence-corrected chi connectivity index (χ2v) is 11.1. The van der Waals surface area contributed by atoms with Crippen LogP contribution in [0.1, 0.15) is 49.0 Å². The maximum atomic E-state index is 12.7. The number of aryl methyl sites for hydroxylation is 1. The third kappa shape index (κ3) is 3.20. The summed E-state index contributed by atoms with van der Waals surface area (Å²) in [5, 5.41) is 0. The Morgan fingerprint density at radius 1 is 1.40 bits per heavy atom. The summed E-state index contributed by atoms with van der Waals surface area (Å²) in [6.45, 7) is 6.30. The fourth-order valence-electron chi connectivity index (χ4n) is 4.61. The highest BCUT2D eigenvalue weighted by atomic mass is 32.2. The molecule has 1 N–H and O–H groups in total. The molecule has 2 aliphatic carbocycles. The van der Waals surface area contributed by atoms with Gasteiger partial charge in [-0.25, -0.2) is 13.1 Å². The van der Waals surface area contributed by atoms with E-state index >= 15 is 0 Å². The Kier molecular flexibility index (Phi) is 4.90. The molecule has 2 bridgehead atoms. The van der Waals surface area contributed by atoms with Crippen molar-refractivity contribution in [2.45, 2.75) is 46.1 Å². The van der Waals surface area contributed by atoms with Crippen molar-refractivity contribution >= 4 is 27.1 Å². The second kappa shape index (κ2) is 6.44. The fraction of sp³-hybridized carbons (Fsp3) is 0.722. The first-order valence-corrected chi connectivity index (χ1v) is 11.2. The highest BCUT2D eigenvalue weighted by Crippen LogP contribution is 2.64. The Labute approximate surface area is 154 Å². The number of methoxy groups -OCH3 is 1. The Bertz CT molecular complexity index is 768. The number of nitrogens with one attached hydrogen (secondary N) is 1. The van der Waals surface area contributed by atoms with Gasteiger partial charge in [0.1, 0.15) is 11.9 Å². The number of sulfonamides is 1. The van der Waals surface area contributed by atoms with E-state index in [4.69, 9.17) is 4.74 Å². The third-order valence-corrected chi connectivity index (χ3v) is 9.00. The summed E-state index contributed by atoms with van der Waals surface area (Å²) in [4.78, 5) is 14.7. The Balaban J connectivity index is 1.71. The number of hydrogen-bond acceptors (Lipinski definition) is 5. The van der Waals surface area contributed by atoms with Crippen LogP contribution in [0.2, 0.25) is 0 Å². The van der Waals surface area contributed by atoms with E-state index in [1.165, 1.54) is 0 Å². The van der Waals surface area contributed by atoms with Gasteiger partial charge in [-0.05, 0) is 43.2 Å². The third-order valence-electron chi connectivity index (χ3n) is 6.43. The Morgan fingerprint density at radius 2 is 2.12 bits per heavy atom. The average Bonchev–Trinajstić information content (AvgIpc) is 3.09. The summed E-state index contributed by atoms with van der Waals surface area (Å²) >= 11 is 1.60. The minimum absolute atomic E-state index is 0.109. The highest BCUT2D eigenvalue weighted by molar-refractivity contribution is 7.89. The van der Waals surface area contributed by atoms with Gasteiger partial charge in [-0.3, -0.25) is 4.79 Å². The lowest BCUT2D eigenvalue weighted by Gasteiger charge is -2.36. The molecule has 0 unspecified atom stereocenters. The van der Waals surface area contributed by atoms with Crippen LogP contribution in [0.15, 0.2) is 12.1 Å². The van der Waals surface area contributed by atoms with E-state index < -0.39 is 15.4 Å². The molecule has 25 heavy (non-hydrogen) atoms. The first kappa shape index (κ1) is 19.0. The molecule has 0 aromatic carbocycles. The van der Waals surface area contributed by atoms with Crippen molar-refractivity contribution in [1.29, 1.82) is 0 Å². The minimum Gasteiger partial charge on any atom is -0.375 e. The molecule has 2 aliphatic rings. The number of ether oxygens (including phenoxy) is 1. The standard InChI is InChI=1S/C18H27NO4S2/c1-12-5-6-15(24-12)14(23-4)10-19-25(21,22)11-18-8-7-13(9-16(18)20)17(18,2)3/h5-6,13-14,19H,7-11H2,1-4H3/t13-,14-,18-/m1/s1. The van der Waals surface area contributed by atoms with Gasteiger partial charge in [-0.2, -0.15) is 0 Å². The number of hydrogen-bond donors (Lipinski definition) is 1. The van der Waals surface area contributed by atoms with Crippen molar-refractivity contribution in [3.63, 3.8) is 0 Å². The number of carbonyl (C=O) groups is 1. The predicted octanol–water partition coefficient (Wildman–Crippen LogP) is 3.06. The quantitative estimate of drug-likeness (QED) is 0.783. The van der Waals surface area contributed by atoms with Gasteiger partial charge >= 0.3 is 0 Å². The molecule has 0 aliphatic heterocycles. The van der Waals surface area contributed by atoms with Crippen molar-refractivity contribution in [2.24, 2.45) is 16.7 Å². The molecule has 2 saturated carbocycles. The first-order chi connectivity index (χ1) is 11.6. The number of fused-ring (bicyclic) bond motifs is 2. The van der Waals surface area contributed by atoms with Gasteiger partial charge in [0.05, 0.1) is 5.75 Å². The smallest absolute Gasteiger partial charge is 0.212 e. The summed E-state index contributed by atoms with van der Waals surface area (Å²) in [6.07, 6.45) is 1.85. The number of rotatable bonds is 7. The largest absolute Gasteiger partial charge is 0.375 e. The van der Waals surface area contributed by atoms with Crippen LogP contribution in [0, 0.1) is 23.7 Å². The number of carbonyl (C=O) groups excluding carboxylic acids is 1. The van der Waals surface area contributed by atoms with E-state index in [-0.39, 0.29) is 29.6 Å². The minimum atomic E-state index is -3.57. The van der Waals surface area contributed by atoms with Gasteiger partial charge in [-0.1, -0.05) is 13.8 Å². The van der Waals surface area contributed by atoms with Gasteiger partial charge in [-0.15, -0.1) is 11.3 Å². The summed E-state index contributed by atoms with van der Waals surface area (Å²) in [5.41, 5.74) is -0.976.